The van der Waals surface area contributed by atoms with E-state index in [0.717, 1.165) is 30.2 Å². The number of hydrogen-bond acceptors (Lipinski definition) is 4. The average molecular weight is 422 g/mol. The summed E-state index contributed by atoms with van der Waals surface area (Å²) in [6.07, 6.45) is 4.51. The zero-order chi connectivity index (χ0) is 22.0. The van der Waals surface area contributed by atoms with Crippen LogP contribution in [0, 0.1) is 23.2 Å². The molecule has 2 heterocycles. The van der Waals surface area contributed by atoms with E-state index in [1.807, 2.05) is 24.3 Å². The monoisotopic (exact) mass is 421 g/mol. The molecule has 1 saturated carbocycles. The summed E-state index contributed by atoms with van der Waals surface area (Å²) in [6, 6.07) is 9.88. The molecule has 8 nitrogen and oxygen atoms in total. The summed E-state index contributed by atoms with van der Waals surface area (Å²) >= 11 is 0. The van der Waals surface area contributed by atoms with E-state index in [9.17, 15) is 19.6 Å². The van der Waals surface area contributed by atoms with Crippen molar-refractivity contribution in [1.29, 1.82) is 5.26 Å². The molecule has 3 amide bonds. The fraction of sp³-hybridized carbons (Fsp3) is 0.478. The molecule has 1 aromatic carbocycles. The molecule has 0 unspecified atom stereocenters. The Balaban J connectivity index is 1.61. The van der Waals surface area contributed by atoms with Crippen molar-refractivity contribution in [3.63, 3.8) is 0 Å². The van der Waals surface area contributed by atoms with E-state index in [1.54, 1.807) is 10.6 Å². The maximum Gasteiger partial charge on any atom is 0.265 e. The van der Waals surface area contributed by atoms with Gasteiger partial charge in [0, 0.05) is 23.4 Å². The third kappa shape index (κ3) is 4.55. The third-order valence-corrected chi connectivity index (χ3v) is 6.26. The number of nitrogens with two attached hydrogens (primary N) is 1. The lowest BCUT2D eigenvalue weighted by molar-refractivity contribution is -0.128. The van der Waals surface area contributed by atoms with Crippen LogP contribution in [0.5, 0.6) is 0 Å². The molecule has 0 bridgehead atoms. The van der Waals surface area contributed by atoms with E-state index < -0.39 is 18.0 Å². The third-order valence-electron chi connectivity index (χ3n) is 6.26. The Morgan fingerprint density at radius 1 is 1.26 bits per heavy atom. The van der Waals surface area contributed by atoms with Gasteiger partial charge in [0.2, 0.25) is 11.8 Å². The minimum absolute atomic E-state index is 0.0669. The van der Waals surface area contributed by atoms with Crippen LogP contribution in [0.4, 0.5) is 0 Å². The lowest BCUT2D eigenvalue weighted by atomic mass is 9.92. The highest BCUT2D eigenvalue weighted by molar-refractivity contribution is 5.99. The molecule has 1 aromatic heterocycles. The molecule has 2 aromatic rings. The highest BCUT2D eigenvalue weighted by atomic mass is 16.2. The van der Waals surface area contributed by atoms with Gasteiger partial charge in [-0.15, -0.1) is 0 Å². The number of nitriles is 1. The van der Waals surface area contributed by atoms with Crippen LogP contribution in [0.2, 0.25) is 0 Å². The highest BCUT2D eigenvalue weighted by Crippen LogP contribution is 2.39. The molecule has 162 valence electrons. The number of benzene rings is 1. The van der Waals surface area contributed by atoms with E-state index in [0.29, 0.717) is 25.3 Å². The van der Waals surface area contributed by atoms with Crippen LogP contribution in [-0.2, 0) is 9.59 Å². The number of rotatable bonds is 8. The molecule has 2 aliphatic rings. The molecule has 3 atom stereocenters. The summed E-state index contributed by atoms with van der Waals surface area (Å²) in [5, 5.41) is 16.1. The standard InChI is InChI=1S/C23H27N5O3/c24-13-17(11-16-5-3-9-26-22(16)30)27-23(31)20(10-14-7-8-14)28-18-6-2-1-4-15(18)12-19(28)21(25)29/h1-2,4,6,12,14,16-17,20H,3,5,7-11H2,(H2,25,29)(H,26,30)(H,27,31)/t16-,17-,20-/m0/s1. The van der Waals surface area contributed by atoms with E-state index in [4.69, 9.17) is 5.73 Å². The van der Waals surface area contributed by atoms with Crippen molar-refractivity contribution in [2.24, 2.45) is 17.6 Å². The summed E-state index contributed by atoms with van der Waals surface area (Å²) in [7, 11) is 0. The second kappa shape index (κ2) is 8.80. The Hall–Kier alpha value is -3.34. The molecule has 31 heavy (non-hydrogen) atoms. The van der Waals surface area contributed by atoms with Crippen molar-refractivity contribution in [1.82, 2.24) is 15.2 Å². The Morgan fingerprint density at radius 2 is 2.03 bits per heavy atom. The SMILES string of the molecule is N#C[C@H](C[C@@H]1CCCNC1=O)NC(=O)[C@H](CC1CC1)n1c(C(N)=O)cc2ccccc21. The van der Waals surface area contributed by atoms with Crippen LogP contribution >= 0.6 is 0 Å². The van der Waals surface area contributed by atoms with Gasteiger partial charge in [0.25, 0.3) is 5.91 Å². The first-order valence-electron chi connectivity index (χ1n) is 10.9. The van der Waals surface area contributed by atoms with Crippen molar-refractivity contribution in [2.75, 3.05) is 6.54 Å². The number of nitrogens with one attached hydrogen (secondary N) is 2. The van der Waals surface area contributed by atoms with Gasteiger partial charge in [-0.1, -0.05) is 31.0 Å². The molecule has 1 saturated heterocycles. The van der Waals surface area contributed by atoms with E-state index in [1.165, 1.54) is 0 Å². The van der Waals surface area contributed by atoms with Crippen molar-refractivity contribution < 1.29 is 14.4 Å². The van der Waals surface area contributed by atoms with Gasteiger partial charge in [0.05, 0.1) is 6.07 Å². The average Bonchev–Trinajstić information content (AvgIpc) is 3.50. The van der Waals surface area contributed by atoms with Crippen molar-refractivity contribution >= 4 is 28.6 Å². The second-order valence-corrected chi connectivity index (χ2v) is 8.57. The first-order chi connectivity index (χ1) is 15.0. The molecule has 4 N–H and O–H groups in total. The molecule has 8 heteroatoms. The normalized spacial score (nSPS) is 20.5. The van der Waals surface area contributed by atoms with Gasteiger partial charge in [-0.2, -0.15) is 5.26 Å². The van der Waals surface area contributed by atoms with Gasteiger partial charge in [-0.25, -0.2) is 0 Å². The van der Waals surface area contributed by atoms with Crippen LogP contribution in [0.15, 0.2) is 30.3 Å². The first kappa shape index (κ1) is 20.9. The maximum absolute atomic E-state index is 13.4. The number of nitrogens with zero attached hydrogens (tertiary/aromatic N) is 2. The largest absolute Gasteiger partial charge is 0.364 e. The molecule has 4 rings (SSSR count). The van der Waals surface area contributed by atoms with Crippen molar-refractivity contribution in [3.8, 4) is 6.07 Å². The van der Waals surface area contributed by atoms with Crippen LogP contribution in [0.3, 0.4) is 0 Å². The Kier molecular flexibility index (Phi) is 5.94. The molecule has 0 spiro atoms. The van der Waals surface area contributed by atoms with Gasteiger partial charge in [-0.05, 0) is 43.7 Å². The molecular formula is C23H27N5O3. The molecule has 1 aliphatic carbocycles. The number of hydrogen-bond donors (Lipinski definition) is 3. The summed E-state index contributed by atoms with van der Waals surface area (Å²) in [4.78, 5) is 37.6. The lowest BCUT2D eigenvalue weighted by Gasteiger charge is -2.26. The zero-order valence-electron chi connectivity index (χ0n) is 17.3. The number of piperidine rings is 1. The minimum Gasteiger partial charge on any atom is -0.364 e. The van der Waals surface area contributed by atoms with Gasteiger partial charge >= 0.3 is 0 Å². The lowest BCUT2D eigenvalue weighted by Crippen LogP contribution is -2.44. The number of carbonyl (C=O) groups excluding carboxylic acids is 3. The number of fused-ring (bicyclic) bond motifs is 1. The van der Waals surface area contributed by atoms with Crippen molar-refractivity contribution in [3.05, 3.63) is 36.0 Å². The summed E-state index contributed by atoms with van der Waals surface area (Å²) < 4.78 is 1.72. The first-order valence-corrected chi connectivity index (χ1v) is 10.9. The van der Waals surface area contributed by atoms with E-state index in [2.05, 4.69) is 16.7 Å². The molecular weight excluding hydrogens is 394 g/mol. The summed E-state index contributed by atoms with van der Waals surface area (Å²) in [5.41, 5.74) is 6.68. The van der Waals surface area contributed by atoms with Crippen molar-refractivity contribution in [2.45, 2.75) is 50.6 Å². The Bertz CT molecular complexity index is 1050. The second-order valence-electron chi connectivity index (χ2n) is 8.57. The Morgan fingerprint density at radius 3 is 2.71 bits per heavy atom. The number of carbonyl (C=O) groups is 3. The van der Waals surface area contributed by atoms with Crippen LogP contribution in [0.1, 0.15) is 55.1 Å². The highest BCUT2D eigenvalue weighted by Gasteiger charge is 2.35. The molecule has 0 radical (unpaired) electrons. The fourth-order valence-electron chi connectivity index (χ4n) is 4.46. The fourth-order valence-corrected chi connectivity index (χ4v) is 4.46. The number of primary amides is 1. The molecule has 1 aliphatic heterocycles. The van der Waals surface area contributed by atoms with E-state index >= 15 is 0 Å². The maximum atomic E-state index is 13.4. The number of aromatic nitrogens is 1. The quantitative estimate of drug-likeness (QED) is 0.602. The van der Waals surface area contributed by atoms with Crippen LogP contribution in [-0.4, -0.2) is 34.9 Å². The Labute approximate surface area is 180 Å². The summed E-state index contributed by atoms with van der Waals surface area (Å²) in [6.45, 7) is 0.652. The van der Waals surface area contributed by atoms with Gasteiger partial charge in [0.1, 0.15) is 17.8 Å². The predicted octanol–water partition coefficient (Wildman–Crippen LogP) is 2.01. The van der Waals surface area contributed by atoms with Gasteiger partial charge in [-0.3, -0.25) is 14.4 Å². The van der Waals surface area contributed by atoms with Gasteiger partial charge in [0.15, 0.2) is 0 Å². The van der Waals surface area contributed by atoms with Crippen LogP contribution < -0.4 is 16.4 Å². The van der Waals surface area contributed by atoms with Gasteiger partial charge < -0.3 is 20.9 Å². The molecule has 2 fully saturated rings. The number of para-hydroxylation sites is 1. The minimum atomic E-state index is -0.776. The smallest absolute Gasteiger partial charge is 0.265 e. The number of amides is 3. The zero-order valence-corrected chi connectivity index (χ0v) is 17.3. The van der Waals surface area contributed by atoms with Crippen LogP contribution in [0.25, 0.3) is 10.9 Å². The summed E-state index contributed by atoms with van der Waals surface area (Å²) in [5.74, 6) is -0.863. The van der Waals surface area contributed by atoms with E-state index in [-0.39, 0.29) is 29.8 Å². The topological polar surface area (TPSA) is 130 Å². The predicted molar refractivity (Wildman–Crippen MR) is 115 cm³/mol.